The standard InChI is InChI=1S/C5H7NO2S/c7-2-3-1-4(9)5(8)6-3/h2-4,9H,1H2,(H,6,8). The van der Waals surface area contributed by atoms with Crippen molar-refractivity contribution in [2.75, 3.05) is 0 Å². The van der Waals surface area contributed by atoms with Gasteiger partial charge in [0.15, 0.2) is 0 Å². The Balaban J connectivity index is 2.53. The minimum Gasteiger partial charge on any atom is -0.346 e. The Morgan fingerprint density at radius 1 is 1.78 bits per heavy atom. The Kier molecular flexibility index (Phi) is 1.75. The van der Waals surface area contributed by atoms with E-state index in [2.05, 4.69) is 17.9 Å². The maximum Gasteiger partial charge on any atom is 0.233 e. The molecule has 1 rings (SSSR count). The van der Waals surface area contributed by atoms with Crippen LogP contribution >= 0.6 is 12.6 Å². The second-order valence-corrected chi connectivity index (χ2v) is 2.63. The number of rotatable bonds is 1. The molecular formula is C5H7NO2S. The smallest absolute Gasteiger partial charge is 0.233 e. The highest BCUT2D eigenvalue weighted by molar-refractivity contribution is 7.81. The zero-order valence-corrected chi connectivity index (χ0v) is 5.60. The third kappa shape index (κ3) is 1.24. The molecule has 0 aliphatic carbocycles. The van der Waals surface area contributed by atoms with Gasteiger partial charge in [-0.1, -0.05) is 0 Å². The summed E-state index contributed by atoms with van der Waals surface area (Å²) in [4.78, 5) is 20.6. The fraction of sp³-hybridized carbons (Fsp3) is 0.600. The first-order valence-electron chi connectivity index (χ1n) is 2.68. The Labute approximate surface area is 58.2 Å². The largest absolute Gasteiger partial charge is 0.346 e. The molecule has 0 radical (unpaired) electrons. The van der Waals surface area contributed by atoms with Crippen LogP contribution in [0, 0.1) is 0 Å². The van der Waals surface area contributed by atoms with Crippen molar-refractivity contribution in [3.8, 4) is 0 Å². The van der Waals surface area contributed by atoms with E-state index >= 15 is 0 Å². The van der Waals surface area contributed by atoms with Crippen LogP contribution in [0.2, 0.25) is 0 Å². The third-order valence-corrected chi connectivity index (χ3v) is 1.72. The summed E-state index contributed by atoms with van der Waals surface area (Å²) in [5, 5.41) is 2.18. The molecule has 2 unspecified atom stereocenters. The summed E-state index contributed by atoms with van der Waals surface area (Å²) >= 11 is 3.93. The first kappa shape index (κ1) is 6.61. The fourth-order valence-electron chi connectivity index (χ4n) is 0.775. The summed E-state index contributed by atoms with van der Waals surface area (Å²) in [5.74, 6) is -0.143. The second kappa shape index (κ2) is 2.39. The lowest BCUT2D eigenvalue weighted by Crippen LogP contribution is -2.27. The van der Waals surface area contributed by atoms with Gasteiger partial charge in [0, 0.05) is 0 Å². The van der Waals surface area contributed by atoms with E-state index in [1.54, 1.807) is 0 Å². The molecule has 1 aliphatic heterocycles. The van der Waals surface area contributed by atoms with Crippen LogP contribution < -0.4 is 5.32 Å². The van der Waals surface area contributed by atoms with Crippen molar-refractivity contribution in [1.82, 2.24) is 5.32 Å². The van der Waals surface area contributed by atoms with E-state index < -0.39 is 0 Å². The molecule has 1 amide bonds. The van der Waals surface area contributed by atoms with Crippen LogP contribution in [-0.2, 0) is 9.59 Å². The number of aldehydes is 1. The van der Waals surface area contributed by atoms with Gasteiger partial charge < -0.3 is 10.1 Å². The normalized spacial score (nSPS) is 34.1. The lowest BCUT2D eigenvalue weighted by atomic mass is 10.2. The zero-order valence-electron chi connectivity index (χ0n) is 4.70. The number of carbonyl (C=O) groups excluding carboxylic acids is 2. The van der Waals surface area contributed by atoms with E-state index in [0.29, 0.717) is 6.42 Å². The van der Waals surface area contributed by atoms with Gasteiger partial charge in [-0.05, 0) is 6.42 Å². The molecule has 0 spiro atoms. The number of hydrogen-bond donors (Lipinski definition) is 2. The van der Waals surface area contributed by atoms with Crippen LogP contribution in [0.25, 0.3) is 0 Å². The number of amides is 1. The molecule has 50 valence electrons. The Morgan fingerprint density at radius 2 is 2.44 bits per heavy atom. The van der Waals surface area contributed by atoms with Gasteiger partial charge in [-0.15, -0.1) is 0 Å². The van der Waals surface area contributed by atoms with E-state index in [9.17, 15) is 9.59 Å². The first-order chi connectivity index (χ1) is 4.24. The van der Waals surface area contributed by atoms with Crippen molar-refractivity contribution in [1.29, 1.82) is 0 Å². The van der Waals surface area contributed by atoms with Crippen LogP contribution in [0.15, 0.2) is 0 Å². The van der Waals surface area contributed by atoms with Crippen molar-refractivity contribution in [3.63, 3.8) is 0 Å². The molecule has 0 saturated carbocycles. The van der Waals surface area contributed by atoms with Gasteiger partial charge in [-0.3, -0.25) is 4.79 Å². The van der Waals surface area contributed by atoms with Crippen LogP contribution in [0.1, 0.15) is 6.42 Å². The van der Waals surface area contributed by atoms with Crippen LogP contribution in [0.4, 0.5) is 0 Å². The van der Waals surface area contributed by atoms with Gasteiger partial charge in [0.05, 0.1) is 11.3 Å². The van der Waals surface area contributed by atoms with E-state index in [0.717, 1.165) is 6.29 Å². The minimum atomic E-state index is -0.306. The predicted octanol–water partition coefficient (Wildman–Crippen LogP) is -0.628. The summed E-state index contributed by atoms with van der Waals surface area (Å²) in [7, 11) is 0. The molecular weight excluding hydrogens is 138 g/mol. The molecule has 1 heterocycles. The molecule has 0 aromatic carbocycles. The van der Waals surface area contributed by atoms with Gasteiger partial charge in [-0.25, -0.2) is 0 Å². The number of nitrogens with one attached hydrogen (secondary N) is 1. The first-order valence-corrected chi connectivity index (χ1v) is 3.19. The van der Waals surface area contributed by atoms with Gasteiger partial charge in [0.2, 0.25) is 5.91 Å². The van der Waals surface area contributed by atoms with Gasteiger partial charge in [0.1, 0.15) is 6.29 Å². The molecule has 1 N–H and O–H groups in total. The highest BCUT2D eigenvalue weighted by Gasteiger charge is 2.28. The van der Waals surface area contributed by atoms with Crippen molar-refractivity contribution in [3.05, 3.63) is 0 Å². The van der Waals surface area contributed by atoms with E-state index in [1.807, 2.05) is 0 Å². The Bertz CT molecular complexity index is 148. The lowest BCUT2D eigenvalue weighted by molar-refractivity contribution is -0.120. The topological polar surface area (TPSA) is 46.2 Å². The summed E-state index contributed by atoms with van der Waals surface area (Å²) in [6, 6.07) is -0.306. The Morgan fingerprint density at radius 3 is 2.67 bits per heavy atom. The summed E-state index contributed by atoms with van der Waals surface area (Å²) in [6.07, 6.45) is 1.25. The SMILES string of the molecule is O=CC1CC(S)C(=O)N1. The minimum absolute atomic E-state index is 0.143. The maximum atomic E-state index is 10.6. The monoisotopic (exact) mass is 145 g/mol. The van der Waals surface area contributed by atoms with Gasteiger partial charge >= 0.3 is 0 Å². The molecule has 0 aromatic rings. The third-order valence-electron chi connectivity index (χ3n) is 1.27. The van der Waals surface area contributed by atoms with E-state index in [4.69, 9.17) is 0 Å². The van der Waals surface area contributed by atoms with E-state index in [1.165, 1.54) is 0 Å². The molecule has 1 aliphatic rings. The van der Waals surface area contributed by atoms with Crippen LogP contribution in [-0.4, -0.2) is 23.5 Å². The van der Waals surface area contributed by atoms with Crippen LogP contribution in [0.5, 0.6) is 0 Å². The quantitative estimate of drug-likeness (QED) is 0.381. The van der Waals surface area contributed by atoms with Crippen LogP contribution in [0.3, 0.4) is 0 Å². The average molecular weight is 145 g/mol. The average Bonchev–Trinajstić information content (AvgIpc) is 2.13. The summed E-state index contributed by atoms with van der Waals surface area (Å²) in [6.45, 7) is 0. The van der Waals surface area contributed by atoms with Crippen molar-refractivity contribution >= 4 is 24.8 Å². The van der Waals surface area contributed by atoms with Gasteiger partial charge in [0.25, 0.3) is 0 Å². The molecule has 0 aromatic heterocycles. The number of carbonyl (C=O) groups is 2. The Hall–Kier alpha value is -0.510. The predicted molar refractivity (Wildman–Crippen MR) is 35.4 cm³/mol. The molecule has 9 heavy (non-hydrogen) atoms. The molecule has 3 nitrogen and oxygen atoms in total. The fourth-order valence-corrected chi connectivity index (χ4v) is 1.08. The van der Waals surface area contributed by atoms with Gasteiger partial charge in [-0.2, -0.15) is 12.6 Å². The lowest BCUT2D eigenvalue weighted by Gasteiger charge is -1.94. The highest BCUT2D eigenvalue weighted by Crippen LogP contribution is 2.11. The van der Waals surface area contributed by atoms with Crippen molar-refractivity contribution in [2.24, 2.45) is 0 Å². The second-order valence-electron chi connectivity index (χ2n) is 2.00. The zero-order chi connectivity index (χ0) is 6.85. The number of thiol groups is 1. The summed E-state index contributed by atoms with van der Waals surface area (Å²) in [5.41, 5.74) is 0. The molecule has 0 bridgehead atoms. The van der Waals surface area contributed by atoms with E-state index in [-0.39, 0.29) is 17.2 Å². The van der Waals surface area contributed by atoms with Crippen molar-refractivity contribution < 1.29 is 9.59 Å². The molecule has 1 fully saturated rings. The molecule has 2 atom stereocenters. The summed E-state index contributed by atoms with van der Waals surface area (Å²) < 4.78 is 0. The molecule has 1 saturated heterocycles. The highest BCUT2D eigenvalue weighted by atomic mass is 32.1. The number of hydrogen-bond acceptors (Lipinski definition) is 3. The maximum absolute atomic E-state index is 10.6. The van der Waals surface area contributed by atoms with Crippen molar-refractivity contribution in [2.45, 2.75) is 17.7 Å². The molecule has 4 heteroatoms.